The van der Waals surface area contributed by atoms with Gasteiger partial charge in [0.15, 0.2) is 0 Å². The molecule has 1 aromatic carbocycles. The summed E-state index contributed by atoms with van der Waals surface area (Å²) in [7, 11) is 0. The highest BCUT2D eigenvalue weighted by Gasteiger charge is 2.34. The van der Waals surface area contributed by atoms with Crippen molar-refractivity contribution in [1.29, 1.82) is 0 Å². The fourth-order valence-corrected chi connectivity index (χ4v) is 5.02. The third kappa shape index (κ3) is 4.85. The van der Waals surface area contributed by atoms with E-state index in [0.29, 0.717) is 35.7 Å². The van der Waals surface area contributed by atoms with Crippen molar-refractivity contribution in [3.63, 3.8) is 0 Å². The molecule has 0 radical (unpaired) electrons. The first-order chi connectivity index (χ1) is 14.9. The third-order valence-corrected chi connectivity index (χ3v) is 6.72. The van der Waals surface area contributed by atoms with Gasteiger partial charge in [-0.1, -0.05) is 30.7 Å². The third-order valence-electron chi connectivity index (χ3n) is 5.52. The standard InChI is InChI=1S/C22H23ClFN5OS/c1-13-4-3-9-29(17(13)10-26-19-12-25-11-18(23)28-19)22(30)20-21(31-14(2)27-20)15-5-7-16(24)8-6-15/h5-8,11-13,17H,3-4,9-10H2,1-2H3,(H,26,28)/t13-,17-/m1/s1. The van der Waals surface area contributed by atoms with Crippen LogP contribution in [0.25, 0.3) is 10.4 Å². The van der Waals surface area contributed by atoms with Crippen molar-refractivity contribution in [3.05, 3.63) is 58.3 Å². The van der Waals surface area contributed by atoms with Crippen LogP contribution >= 0.6 is 22.9 Å². The van der Waals surface area contributed by atoms with E-state index >= 15 is 0 Å². The number of anilines is 1. The van der Waals surface area contributed by atoms with Gasteiger partial charge >= 0.3 is 0 Å². The maximum atomic E-state index is 13.6. The van der Waals surface area contributed by atoms with Gasteiger partial charge in [-0.05, 0) is 43.4 Å². The van der Waals surface area contributed by atoms with Crippen LogP contribution in [0.1, 0.15) is 35.3 Å². The van der Waals surface area contributed by atoms with Crippen LogP contribution in [0.2, 0.25) is 5.15 Å². The second-order valence-corrected chi connectivity index (χ2v) is 9.30. The molecule has 0 bridgehead atoms. The molecule has 0 spiro atoms. The van der Waals surface area contributed by atoms with Crippen LogP contribution in [-0.2, 0) is 0 Å². The summed E-state index contributed by atoms with van der Waals surface area (Å²) in [4.78, 5) is 29.1. The number of rotatable bonds is 5. The van der Waals surface area contributed by atoms with E-state index < -0.39 is 0 Å². The molecule has 1 saturated heterocycles. The Morgan fingerprint density at radius 2 is 2.06 bits per heavy atom. The van der Waals surface area contributed by atoms with E-state index in [2.05, 4.69) is 27.2 Å². The number of piperidine rings is 1. The molecule has 1 amide bonds. The van der Waals surface area contributed by atoms with Crippen molar-refractivity contribution in [1.82, 2.24) is 19.9 Å². The van der Waals surface area contributed by atoms with E-state index in [-0.39, 0.29) is 17.8 Å². The first kappa shape index (κ1) is 21.6. The Hall–Kier alpha value is -2.58. The van der Waals surface area contributed by atoms with E-state index in [1.54, 1.807) is 18.3 Å². The van der Waals surface area contributed by atoms with Crippen molar-refractivity contribution in [2.24, 2.45) is 5.92 Å². The summed E-state index contributed by atoms with van der Waals surface area (Å²) in [5.41, 5.74) is 1.22. The number of aromatic nitrogens is 3. The second-order valence-electron chi connectivity index (χ2n) is 7.71. The molecule has 3 aromatic rings. The van der Waals surface area contributed by atoms with Crippen LogP contribution < -0.4 is 5.32 Å². The summed E-state index contributed by atoms with van der Waals surface area (Å²) in [6.45, 7) is 5.24. The average Bonchev–Trinajstić information content (AvgIpc) is 3.14. The number of hydrogen-bond donors (Lipinski definition) is 1. The predicted octanol–water partition coefficient (Wildman–Crippen LogP) is 5.05. The van der Waals surface area contributed by atoms with E-state index in [0.717, 1.165) is 28.3 Å². The molecule has 31 heavy (non-hydrogen) atoms. The van der Waals surface area contributed by atoms with Gasteiger partial charge in [0.25, 0.3) is 5.91 Å². The normalized spacial score (nSPS) is 18.8. The first-order valence-electron chi connectivity index (χ1n) is 10.2. The van der Waals surface area contributed by atoms with Crippen molar-refractivity contribution in [2.75, 3.05) is 18.4 Å². The number of aryl methyl sites for hydroxylation is 1. The zero-order valence-corrected chi connectivity index (χ0v) is 18.9. The van der Waals surface area contributed by atoms with Gasteiger partial charge in [-0.15, -0.1) is 11.3 Å². The minimum Gasteiger partial charge on any atom is -0.367 e. The minimum absolute atomic E-state index is 0.0231. The van der Waals surface area contributed by atoms with E-state index in [9.17, 15) is 9.18 Å². The summed E-state index contributed by atoms with van der Waals surface area (Å²) < 4.78 is 13.4. The quantitative estimate of drug-likeness (QED) is 0.577. The highest BCUT2D eigenvalue weighted by molar-refractivity contribution is 7.15. The van der Waals surface area contributed by atoms with Crippen LogP contribution in [0.4, 0.5) is 10.2 Å². The summed E-state index contributed by atoms with van der Waals surface area (Å²) in [5, 5.41) is 4.39. The van der Waals surface area contributed by atoms with Crippen LogP contribution in [0.3, 0.4) is 0 Å². The molecule has 1 fully saturated rings. The molecule has 6 nitrogen and oxygen atoms in total. The molecule has 162 valence electrons. The van der Waals surface area contributed by atoms with Gasteiger partial charge in [-0.2, -0.15) is 0 Å². The second kappa shape index (κ2) is 9.28. The first-order valence-corrected chi connectivity index (χ1v) is 11.4. The molecule has 2 aromatic heterocycles. The molecule has 0 saturated carbocycles. The number of carbonyl (C=O) groups excluding carboxylic acids is 1. The van der Waals surface area contributed by atoms with Gasteiger partial charge < -0.3 is 10.2 Å². The number of nitrogens with zero attached hydrogens (tertiary/aromatic N) is 4. The zero-order chi connectivity index (χ0) is 22.0. The Labute approximate surface area is 189 Å². The number of benzene rings is 1. The smallest absolute Gasteiger partial charge is 0.274 e. The molecule has 0 aliphatic carbocycles. The molecule has 0 unspecified atom stereocenters. The van der Waals surface area contributed by atoms with Crippen molar-refractivity contribution in [2.45, 2.75) is 32.7 Å². The molecule has 3 heterocycles. The Balaban J connectivity index is 1.59. The fraction of sp³-hybridized carbons (Fsp3) is 0.364. The number of amides is 1. The lowest BCUT2D eigenvalue weighted by Gasteiger charge is -2.40. The van der Waals surface area contributed by atoms with E-state index in [4.69, 9.17) is 11.6 Å². The number of nitrogens with one attached hydrogen (secondary N) is 1. The van der Waals surface area contributed by atoms with Gasteiger partial charge in [-0.3, -0.25) is 9.78 Å². The zero-order valence-electron chi connectivity index (χ0n) is 17.3. The average molecular weight is 460 g/mol. The number of hydrogen-bond acceptors (Lipinski definition) is 6. The maximum Gasteiger partial charge on any atom is 0.274 e. The molecule has 4 rings (SSSR count). The topological polar surface area (TPSA) is 71.0 Å². The van der Waals surface area contributed by atoms with E-state index in [1.165, 1.54) is 29.7 Å². The van der Waals surface area contributed by atoms with Crippen molar-refractivity contribution in [3.8, 4) is 10.4 Å². The van der Waals surface area contributed by atoms with Gasteiger partial charge in [0.05, 0.1) is 28.3 Å². The summed E-state index contributed by atoms with van der Waals surface area (Å²) in [5.74, 6) is 0.484. The van der Waals surface area contributed by atoms with Crippen LogP contribution in [0.5, 0.6) is 0 Å². The largest absolute Gasteiger partial charge is 0.367 e. The predicted molar refractivity (Wildman–Crippen MR) is 121 cm³/mol. The molecule has 1 N–H and O–H groups in total. The Kier molecular flexibility index (Phi) is 6.48. The van der Waals surface area contributed by atoms with Crippen molar-refractivity contribution < 1.29 is 9.18 Å². The Bertz CT molecular complexity index is 1070. The fourth-order valence-electron chi connectivity index (χ4n) is 3.95. The van der Waals surface area contributed by atoms with Crippen molar-refractivity contribution >= 4 is 34.7 Å². The molecule has 9 heteroatoms. The minimum atomic E-state index is -0.307. The lowest BCUT2D eigenvalue weighted by atomic mass is 9.90. The number of halogens is 2. The Morgan fingerprint density at radius 1 is 1.29 bits per heavy atom. The molecule has 1 aliphatic rings. The molecule has 2 atom stereocenters. The monoisotopic (exact) mass is 459 g/mol. The lowest BCUT2D eigenvalue weighted by Crippen LogP contribution is -2.51. The highest BCUT2D eigenvalue weighted by atomic mass is 35.5. The number of likely N-dealkylation sites (tertiary alicyclic amines) is 1. The van der Waals surface area contributed by atoms with Crippen LogP contribution in [0.15, 0.2) is 36.7 Å². The summed E-state index contributed by atoms with van der Waals surface area (Å²) in [6.07, 6.45) is 5.07. The van der Waals surface area contributed by atoms with Gasteiger partial charge in [0, 0.05) is 13.1 Å². The molecule has 1 aliphatic heterocycles. The van der Waals surface area contributed by atoms with Gasteiger partial charge in [-0.25, -0.2) is 14.4 Å². The molecular weight excluding hydrogens is 437 g/mol. The number of thiazole rings is 1. The number of carbonyl (C=O) groups is 1. The lowest BCUT2D eigenvalue weighted by molar-refractivity contribution is 0.0535. The molecular formula is C22H23ClFN5OS. The maximum absolute atomic E-state index is 13.6. The van der Waals surface area contributed by atoms with E-state index in [1.807, 2.05) is 11.8 Å². The SMILES string of the molecule is Cc1nc(C(=O)N2CCC[C@@H](C)[C@H]2CNc2cncc(Cl)n2)c(-c2ccc(F)cc2)s1. The van der Waals surface area contributed by atoms with Gasteiger partial charge in [0.2, 0.25) is 0 Å². The summed E-state index contributed by atoms with van der Waals surface area (Å²) >= 11 is 7.38. The van der Waals surface area contributed by atoms with Crippen LogP contribution in [0, 0.1) is 18.7 Å². The summed E-state index contributed by atoms with van der Waals surface area (Å²) in [6, 6.07) is 6.16. The Morgan fingerprint density at radius 3 is 2.81 bits per heavy atom. The van der Waals surface area contributed by atoms with Crippen LogP contribution in [-0.4, -0.2) is 44.9 Å². The van der Waals surface area contributed by atoms with Gasteiger partial charge in [0.1, 0.15) is 22.5 Å². The highest BCUT2D eigenvalue weighted by Crippen LogP contribution is 2.33.